The van der Waals surface area contributed by atoms with Crippen LogP contribution in [0.5, 0.6) is 0 Å². The van der Waals surface area contributed by atoms with Gasteiger partial charge in [-0.25, -0.2) is 10.8 Å². The van der Waals surface area contributed by atoms with Gasteiger partial charge in [0.15, 0.2) is 8.66 Å². The fraction of sp³-hybridized carbons (Fsp3) is 0.143. The molecular weight excluding hydrogens is 140 g/mol. The van der Waals surface area contributed by atoms with Gasteiger partial charge >= 0.3 is 0 Å². The summed E-state index contributed by atoms with van der Waals surface area (Å²) in [4.78, 5) is 3.52. The fourth-order valence-electron chi connectivity index (χ4n) is 0.471. The van der Waals surface area contributed by atoms with E-state index >= 15 is 0 Å². The van der Waals surface area contributed by atoms with Crippen LogP contribution >= 0.6 is 0 Å². The summed E-state index contributed by atoms with van der Waals surface area (Å²) < 4.78 is 72.5. The van der Waals surface area contributed by atoms with Gasteiger partial charge in [-0.05, 0) is 18.9 Å². The maximum atomic E-state index is 7.64. The molecule has 0 aliphatic carbocycles. The first-order valence-corrected chi connectivity index (χ1v) is 2.59. The van der Waals surface area contributed by atoms with Gasteiger partial charge in [-0.15, -0.1) is 0 Å². The van der Waals surface area contributed by atoms with E-state index in [2.05, 4.69) is 10.4 Å². The summed E-state index contributed by atoms with van der Waals surface area (Å²) in [5.74, 6) is -1.06. The highest BCUT2D eigenvalue weighted by Crippen LogP contribution is 1.96. The number of rotatable bonds is 2. The van der Waals surface area contributed by atoms with Crippen molar-refractivity contribution in [1.29, 1.82) is 5.40 Å². The molecule has 4 heteroatoms. The molecule has 1 heterocycles. The third kappa shape index (κ3) is 1.75. The van der Waals surface area contributed by atoms with E-state index in [4.69, 9.17) is 13.9 Å². The molecule has 0 saturated carbocycles. The molecule has 0 saturated heterocycles. The lowest BCUT2D eigenvalue weighted by Gasteiger charge is -2.01. The van der Waals surface area contributed by atoms with E-state index in [9.17, 15) is 0 Å². The lowest BCUT2D eigenvalue weighted by Crippen LogP contribution is -2.30. The molecule has 0 amide bonds. The van der Waals surface area contributed by atoms with Crippen molar-refractivity contribution in [2.75, 3.05) is 0 Å². The monoisotopic (exact) mass is 170 g/mol. The van der Waals surface area contributed by atoms with E-state index in [1.807, 2.05) is 0 Å². The first kappa shape index (κ1) is 1.84. The van der Waals surface area contributed by atoms with Crippen LogP contribution in [0.1, 0.15) is 19.6 Å². The van der Waals surface area contributed by atoms with Gasteiger partial charge in [0.05, 0.1) is 4.11 Å². The summed E-state index contributed by atoms with van der Waals surface area (Å²) >= 11 is 0. The van der Waals surface area contributed by atoms with E-state index in [1.54, 1.807) is 0 Å². The number of nitrogens with two attached hydrogens (primary N) is 1. The molecule has 0 spiro atoms. The number of aryl methyl sites for hydroxylation is 1. The van der Waals surface area contributed by atoms with E-state index in [0.717, 1.165) is 0 Å². The SMILES string of the molecule is [3H]N=C(c1nc(C([3H])([3H])[3H])c([3H])c([3H])c1[3H])N([3H])N([3H])[3H]. The number of nitrogens with zero attached hydrogens (tertiary/aromatic N) is 1. The molecule has 0 radical (unpaired) electrons. The van der Waals surface area contributed by atoms with Crippen LogP contribution in [0.25, 0.3) is 0 Å². The number of pyridine rings is 1. The standard InChI is InChI=1S/C7H10N4/c1-5-3-2-4-6(10-5)7(8)11-9/h2-4H,9H2,1H3,(H2,8,11)/i1T3,2T,3T,4T/hT4. The van der Waals surface area contributed by atoms with Gasteiger partial charge in [0, 0.05) is 9.81 Å². The normalized spacial score (nSPS) is 25.7. The van der Waals surface area contributed by atoms with Crippen molar-refractivity contribution in [3.8, 4) is 0 Å². The molecule has 4 nitrogen and oxygen atoms in total. The second kappa shape index (κ2) is 3.12. The minimum Gasteiger partial charge on any atom is -0.307 e. The summed E-state index contributed by atoms with van der Waals surface area (Å²) in [7, 11) is 0. The quantitative estimate of drug-likeness (QED) is 0.256. The average molecular weight is 170 g/mol. The molecule has 0 aliphatic heterocycles. The summed E-state index contributed by atoms with van der Waals surface area (Å²) in [6.07, 6.45) is 0. The average Bonchev–Trinajstić information content (AvgIpc) is 2.37. The highest BCUT2D eigenvalue weighted by molar-refractivity contribution is 5.93. The molecule has 0 aromatic carbocycles. The summed E-state index contributed by atoms with van der Waals surface area (Å²) in [6.45, 7) is -2.84. The van der Waals surface area contributed by atoms with Crippen LogP contribution in [0, 0.1) is 12.3 Å². The Hall–Kier alpha value is -1.42. The highest BCUT2D eigenvalue weighted by Gasteiger charge is 1.98. The predicted molar refractivity (Wildman–Crippen MR) is 43.1 cm³/mol. The number of hydrogen-bond donors (Lipinski definition) is 3. The Balaban J connectivity index is 3.61. The Kier molecular flexibility index (Phi) is 0.521. The maximum absolute atomic E-state index is 7.64. The number of amidine groups is 1. The second-order valence-corrected chi connectivity index (χ2v) is 1.61. The van der Waals surface area contributed by atoms with Crippen LogP contribution in [0.3, 0.4) is 0 Å². The molecular formula is C7H10N4. The number of nitrogens with one attached hydrogen (secondary N) is 2. The van der Waals surface area contributed by atoms with Crippen molar-refractivity contribution in [1.82, 2.24) is 10.4 Å². The van der Waals surface area contributed by atoms with E-state index in [0.29, 0.717) is 0 Å². The summed E-state index contributed by atoms with van der Waals surface area (Å²) in [5.41, 5.74) is -1.45. The third-order valence-electron chi connectivity index (χ3n) is 0.892. The Morgan fingerprint density at radius 2 is 3.18 bits per heavy atom. The molecule has 0 fully saturated rings. The van der Waals surface area contributed by atoms with Crippen molar-refractivity contribution < 1.29 is 13.9 Å². The molecule has 1 aromatic rings. The second-order valence-electron chi connectivity index (χ2n) is 1.61. The van der Waals surface area contributed by atoms with E-state index < -0.39 is 42.2 Å². The molecule has 4 N–H and O–H groups in total. The maximum Gasteiger partial charge on any atom is 0.190 e. The van der Waals surface area contributed by atoms with Crippen LogP contribution in [-0.4, -0.2) is 10.8 Å². The first-order valence-electron chi connectivity index (χ1n) is 7.38. The Bertz CT molecular complexity index is 568. The molecule has 0 unspecified atom stereocenters. The third-order valence-corrected chi connectivity index (χ3v) is 0.892. The van der Waals surface area contributed by atoms with Crippen LogP contribution in [0.2, 0.25) is 5.65 Å². The fourth-order valence-corrected chi connectivity index (χ4v) is 0.471. The van der Waals surface area contributed by atoms with Crippen LogP contribution in [-0.2, 0) is 0 Å². The first-order chi connectivity index (χ1) is 9.52. The largest absolute Gasteiger partial charge is 0.307 e. The van der Waals surface area contributed by atoms with Gasteiger partial charge in [-0.2, -0.15) is 0 Å². The van der Waals surface area contributed by atoms with Crippen molar-refractivity contribution in [2.24, 2.45) is 5.83 Å². The lowest BCUT2D eigenvalue weighted by atomic mass is 10.3. The Labute approximate surface area is 79.2 Å². The van der Waals surface area contributed by atoms with Gasteiger partial charge in [0.1, 0.15) is 8.52 Å². The van der Waals surface area contributed by atoms with Gasteiger partial charge in [-0.1, -0.05) is 6.04 Å². The number of hydrogen-bond acceptors (Lipinski definition) is 3. The minimum absolute atomic E-state index is 0.0280. The summed E-state index contributed by atoms with van der Waals surface area (Å²) in [5, 5.41) is 2.85. The van der Waals surface area contributed by atoms with Crippen LogP contribution < -0.4 is 11.2 Å². The molecule has 0 aliphatic rings. The molecule has 1 aromatic heterocycles. The van der Waals surface area contributed by atoms with Crippen LogP contribution in [0.15, 0.2) is 18.1 Å². The number of aromatic nitrogens is 1. The van der Waals surface area contributed by atoms with E-state index in [1.165, 1.54) is 0 Å². The van der Waals surface area contributed by atoms with Gasteiger partial charge < -0.3 is 5.42 Å². The number of hydrazine groups is 1. The van der Waals surface area contributed by atoms with Crippen molar-refractivity contribution in [3.05, 3.63) is 29.5 Å². The zero-order chi connectivity index (χ0) is 16.5. The zero-order valence-electron chi connectivity index (χ0n) is 15.3. The predicted octanol–water partition coefficient (Wildman–Crippen LogP) is 0.179. The zero-order valence-corrected chi connectivity index (χ0v) is 5.29. The lowest BCUT2D eigenvalue weighted by molar-refractivity contribution is 0.995. The molecule has 1 rings (SSSR count). The van der Waals surface area contributed by atoms with Gasteiger partial charge in [0.25, 0.3) is 0 Å². The van der Waals surface area contributed by atoms with Gasteiger partial charge in [-0.3, -0.25) is 5.40 Å². The van der Waals surface area contributed by atoms with Crippen molar-refractivity contribution in [3.63, 3.8) is 0 Å². The van der Waals surface area contributed by atoms with Crippen molar-refractivity contribution >= 4 is 5.84 Å². The van der Waals surface area contributed by atoms with Crippen molar-refractivity contribution in [2.45, 2.75) is 6.85 Å². The molecule has 0 bridgehead atoms. The molecule has 11 heavy (non-hydrogen) atoms. The highest BCUT2D eigenvalue weighted by atomic mass is 15.2. The summed E-state index contributed by atoms with van der Waals surface area (Å²) in [6, 6.07) is -2.25. The molecule has 58 valence electrons. The topological polar surface area (TPSA) is 74.8 Å². The molecule has 0 atom stereocenters. The van der Waals surface area contributed by atoms with Crippen LogP contribution in [0.4, 0.5) is 0 Å². The minimum atomic E-state index is -2.84. The Morgan fingerprint density at radius 1 is 2.18 bits per heavy atom. The van der Waals surface area contributed by atoms with Gasteiger partial charge in [0.2, 0.25) is 0 Å². The smallest absolute Gasteiger partial charge is 0.190 e. The van der Waals surface area contributed by atoms with E-state index in [-0.39, 0.29) is 11.2 Å². The Morgan fingerprint density at radius 3 is 3.91 bits per heavy atom.